The van der Waals surface area contributed by atoms with Crippen LogP contribution in [0.2, 0.25) is 0 Å². The van der Waals surface area contributed by atoms with Crippen LogP contribution < -0.4 is 20.1 Å². The Hall–Kier alpha value is -3.73. The second-order valence-electron chi connectivity index (χ2n) is 6.15. The van der Waals surface area contributed by atoms with Gasteiger partial charge in [0.05, 0.1) is 13.7 Å². The lowest BCUT2D eigenvalue weighted by molar-refractivity contribution is 0.331. The lowest BCUT2D eigenvalue weighted by Crippen LogP contribution is -2.13. The maximum Gasteiger partial charge on any atom is 0.231 e. The molecule has 0 atom stereocenters. The van der Waals surface area contributed by atoms with Crippen LogP contribution in [0, 0.1) is 20.4 Å². The van der Waals surface area contributed by atoms with Gasteiger partial charge in [-0.15, -0.1) is 0 Å². The summed E-state index contributed by atoms with van der Waals surface area (Å²) < 4.78 is 10.8. The summed E-state index contributed by atoms with van der Waals surface area (Å²) in [4.78, 5) is 8.11. The van der Waals surface area contributed by atoms with Gasteiger partial charge in [0, 0.05) is 18.3 Å². The monoisotopic (exact) mass is 378 g/mol. The van der Waals surface area contributed by atoms with E-state index < -0.39 is 0 Å². The van der Waals surface area contributed by atoms with Crippen LogP contribution in [0.5, 0.6) is 11.5 Å². The molecule has 144 valence electrons. The average Bonchev–Trinajstić information content (AvgIpc) is 3.10. The Morgan fingerprint density at radius 1 is 1.11 bits per heavy atom. The number of nitrogens with zero attached hydrogens (tertiary/aromatic N) is 3. The first-order valence-electron chi connectivity index (χ1n) is 8.78. The van der Waals surface area contributed by atoms with E-state index in [1.807, 2.05) is 50.2 Å². The third kappa shape index (κ3) is 4.71. The molecule has 0 saturated carbocycles. The van der Waals surface area contributed by atoms with Gasteiger partial charge in [0.25, 0.3) is 0 Å². The summed E-state index contributed by atoms with van der Waals surface area (Å²) in [5, 5.41) is 13.4. The number of aromatic nitrogens is 3. The minimum absolute atomic E-state index is 0.431. The molecular weight excluding hydrogens is 356 g/mol. The van der Waals surface area contributed by atoms with Crippen molar-refractivity contribution in [3.05, 3.63) is 59.1 Å². The van der Waals surface area contributed by atoms with Crippen LogP contribution in [0.1, 0.15) is 11.3 Å². The van der Waals surface area contributed by atoms with E-state index in [-0.39, 0.29) is 0 Å². The van der Waals surface area contributed by atoms with Crippen LogP contribution in [-0.4, -0.2) is 35.4 Å². The van der Waals surface area contributed by atoms with Crippen molar-refractivity contribution in [3.8, 4) is 11.5 Å². The second kappa shape index (κ2) is 8.77. The number of hydrogen-bond donors (Lipinski definition) is 3. The molecule has 3 aromatic rings. The fourth-order valence-corrected chi connectivity index (χ4v) is 2.62. The standard InChI is InChI=1S/C20H22N6O2/c1-13-11-17(23-18-12-14(2)25-26-18)24-20(19(13)21-3)22-9-10-28-16-7-5-15(27-4)6-8-16/h5-8,11-12H,9-10H2,1-2,4H3,(H3,22,23,24,25,26). The van der Waals surface area contributed by atoms with Crippen molar-refractivity contribution in [2.24, 2.45) is 0 Å². The first-order chi connectivity index (χ1) is 13.6. The number of aryl methyl sites for hydroxylation is 2. The van der Waals surface area contributed by atoms with Gasteiger partial charge in [0.15, 0.2) is 5.82 Å². The number of H-pyrrole nitrogens is 1. The molecule has 0 amide bonds. The molecule has 8 nitrogen and oxygen atoms in total. The third-order valence-corrected chi connectivity index (χ3v) is 3.98. The fourth-order valence-electron chi connectivity index (χ4n) is 2.62. The van der Waals surface area contributed by atoms with Gasteiger partial charge in [-0.05, 0) is 49.7 Å². The second-order valence-corrected chi connectivity index (χ2v) is 6.15. The predicted molar refractivity (Wildman–Crippen MR) is 109 cm³/mol. The van der Waals surface area contributed by atoms with Crippen molar-refractivity contribution >= 4 is 23.1 Å². The van der Waals surface area contributed by atoms with E-state index in [9.17, 15) is 0 Å². The van der Waals surface area contributed by atoms with Crippen LogP contribution in [0.25, 0.3) is 4.85 Å². The highest BCUT2D eigenvalue weighted by Crippen LogP contribution is 2.30. The summed E-state index contributed by atoms with van der Waals surface area (Å²) in [6.45, 7) is 12.2. The van der Waals surface area contributed by atoms with Gasteiger partial charge in [-0.25, -0.2) is 9.83 Å². The maximum absolute atomic E-state index is 7.44. The SMILES string of the molecule is [C-]#[N+]c1c(C)cc(Nc2cc(C)[nH]n2)nc1NCCOc1ccc(OC)cc1. The lowest BCUT2D eigenvalue weighted by Gasteiger charge is -2.13. The molecule has 3 N–H and O–H groups in total. The smallest absolute Gasteiger partial charge is 0.231 e. The van der Waals surface area contributed by atoms with Crippen molar-refractivity contribution in [3.63, 3.8) is 0 Å². The third-order valence-electron chi connectivity index (χ3n) is 3.98. The average molecular weight is 378 g/mol. The van der Waals surface area contributed by atoms with E-state index in [4.69, 9.17) is 16.0 Å². The van der Waals surface area contributed by atoms with Crippen molar-refractivity contribution in [1.29, 1.82) is 0 Å². The normalized spacial score (nSPS) is 10.2. The Kier molecular flexibility index (Phi) is 5.97. The van der Waals surface area contributed by atoms with E-state index >= 15 is 0 Å². The van der Waals surface area contributed by atoms with Gasteiger partial charge < -0.3 is 20.1 Å². The number of anilines is 3. The number of aromatic amines is 1. The van der Waals surface area contributed by atoms with E-state index in [0.29, 0.717) is 36.3 Å². The van der Waals surface area contributed by atoms with E-state index in [1.54, 1.807) is 7.11 Å². The number of ether oxygens (including phenoxy) is 2. The number of benzene rings is 1. The van der Waals surface area contributed by atoms with Crippen molar-refractivity contribution in [2.75, 3.05) is 30.9 Å². The zero-order valence-electron chi connectivity index (χ0n) is 16.0. The summed E-state index contributed by atoms with van der Waals surface area (Å²) in [6, 6.07) is 11.1. The minimum atomic E-state index is 0.431. The van der Waals surface area contributed by atoms with Crippen molar-refractivity contribution in [1.82, 2.24) is 15.2 Å². The van der Waals surface area contributed by atoms with Gasteiger partial charge in [0.2, 0.25) is 5.69 Å². The first-order valence-corrected chi connectivity index (χ1v) is 8.78. The van der Waals surface area contributed by atoms with Crippen LogP contribution in [0.15, 0.2) is 36.4 Å². The molecule has 2 aromatic heterocycles. The molecule has 1 aromatic carbocycles. The molecule has 0 bridgehead atoms. The first kappa shape index (κ1) is 19.0. The molecule has 0 spiro atoms. The van der Waals surface area contributed by atoms with Gasteiger partial charge in [0.1, 0.15) is 29.7 Å². The highest BCUT2D eigenvalue weighted by atomic mass is 16.5. The van der Waals surface area contributed by atoms with Crippen LogP contribution >= 0.6 is 0 Å². The van der Waals surface area contributed by atoms with Gasteiger partial charge >= 0.3 is 0 Å². The Labute approximate surface area is 163 Å². The molecule has 0 aliphatic rings. The Morgan fingerprint density at radius 3 is 2.50 bits per heavy atom. The highest BCUT2D eigenvalue weighted by Gasteiger charge is 2.11. The van der Waals surface area contributed by atoms with Gasteiger partial charge in [-0.1, -0.05) is 0 Å². The fraction of sp³-hybridized carbons (Fsp3) is 0.250. The minimum Gasteiger partial charge on any atom is -0.497 e. The summed E-state index contributed by atoms with van der Waals surface area (Å²) >= 11 is 0. The molecule has 0 aliphatic heterocycles. The van der Waals surface area contributed by atoms with Crippen molar-refractivity contribution in [2.45, 2.75) is 13.8 Å². The molecule has 0 fully saturated rings. The molecule has 2 heterocycles. The predicted octanol–water partition coefficient (Wildman–Crippen LogP) is 4.22. The zero-order valence-corrected chi connectivity index (χ0v) is 16.0. The molecule has 0 radical (unpaired) electrons. The number of methoxy groups -OCH3 is 1. The van der Waals surface area contributed by atoms with E-state index in [0.717, 1.165) is 22.8 Å². The molecule has 0 saturated heterocycles. The summed E-state index contributed by atoms with van der Waals surface area (Å²) in [6.07, 6.45) is 0. The van der Waals surface area contributed by atoms with E-state index in [2.05, 4.69) is 30.7 Å². The highest BCUT2D eigenvalue weighted by molar-refractivity contribution is 5.73. The zero-order chi connectivity index (χ0) is 19.9. The summed E-state index contributed by atoms with van der Waals surface area (Å²) in [5.74, 6) is 3.34. The van der Waals surface area contributed by atoms with Crippen LogP contribution in [0.4, 0.5) is 23.1 Å². The number of hydrogen-bond acceptors (Lipinski definition) is 6. The molecule has 8 heteroatoms. The van der Waals surface area contributed by atoms with Crippen LogP contribution in [0.3, 0.4) is 0 Å². The van der Waals surface area contributed by atoms with E-state index in [1.165, 1.54) is 0 Å². The molecule has 28 heavy (non-hydrogen) atoms. The van der Waals surface area contributed by atoms with Crippen LogP contribution in [-0.2, 0) is 0 Å². The number of rotatable bonds is 8. The molecule has 0 aliphatic carbocycles. The maximum atomic E-state index is 7.44. The lowest BCUT2D eigenvalue weighted by atomic mass is 10.2. The Bertz CT molecular complexity index is 975. The van der Waals surface area contributed by atoms with Gasteiger partial charge in [-0.3, -0.25) is 5.10 Å². The van der Waals surface area contributed by atoms with Crippen molar-refractivity contribution < 1.29 is 9.47 Å². The Morgan fingerprint density at radius 2 is 1.86 bits per heavy atom. The van der Waals surface area contributed by atoms with Gasteiger partial charge in [-0.2, -0.15) is 5.10 Å². The molecular formula is C20H22N6O2. The number of nitrogens with one attached hydrogen (secondary N) is 3. The largest absolute Gasteiger partial charge is 0.497 e. The Balaban J connectivity index is 1.63. The molecule has 0 unspecified atom stereocenters. The molecule has 3 rings (SSSR count). The summed E-state index contributed by atoms with van der Waals surface area (Å²) in [7, 11) is 1.62. The summed E-state index contributed by atoms with van der Waals surface area (Å²) in [5.41, 5.74) is 2.28. The quantitative estimate of drug-likeness (QED) is 0.402. The number of pyridine rings is 1. The topological polar surface area (TPSA) is 88.5 Å².